The van der Waals surface area contributed by atoms with Crippen molar-refractivity contribution >= 4 is 27.1 Å². The molecule has 0 radical (unpaired) electrons. The number of amides is 1. The quantitative estimate of drug-likeness (QED) is 0.806. The van der Waals surface area contributed by atoms with E-state index in [1.54, 1.807) is 17.0 Å². The molecule has 1 aromatic rings. The summed E-state index contributed by atoms with van der Waals surface area (Å²) in [4.78, 5) is 17.0. The van der Waals surface area contributed by atoms with Gasteiger partial charge in [-0.2, -0.15) is 0 Å². The Morgan fingerprint density at radius 1 is 1.08 bits per heavy atom. The van der Waals surface area contributed by atoms with E-state index in [9.17, 15) is 13.2 Å². The Bertz CT molecular complexity index is 788. The van der Waals surface area contributed by atoms with Gasteiger partial charge in [-0.05, 0) is 49.3 Å². The van der Waals surface area contributed by atoms with Gasteiger partial charge in [-0.15, -0.1) is 0 Å². The van der Waals surface area contributed by atoms with Crippen molar-refractivity contribution in [2.45, 2.75) is 25.7 Å². The van der Waals surface area contributed by atoms with Crippen LogP contribution in [0.5, 0.6) is 0 Å². The third kappa shape index (κ3) is 3.34. The number of hydrogen-bond donors (Lipinski definition) is 1. The predicted molar refractivity (Wildman–Crippen MR) is 98.5 cm³/mol. The van der Waals surface area contributed by atoms with Gasteiger partial charge in [-0.1, -0.05) is 0 Å². The molecule has 0 bridgehead atoms. The van der Waals surface area contributed by atoms with Gasteiger partial charge in [-0.25, -0.2) is 8.42 Å². The molecule has 0 aromatic heterocycles. The van der Waals surface area contributed by atoms with Gasteiger partial charge in [0.25, 0.3) is 5.91 Å². The molecular formula is C18H25N3O3S. The number of carbonyl (C=O) groups is 1. The van der Waals surface area contributed by atoms with Crippen molar-refractivity contribution in [2.24, 2.45) is 5.41 Å². The van der Waals surface area contributed by atoms with Crippen molar-refractivity contribution in [3.05, 3.63) is 23.8 Å². The van der Waals surface area contributed by atoms with Crippen LogP contribution in [0.4, 0.5) is 11.4 Å². The van der Waals surface area contributed by atoms with Crippen molar-refractivity contribution in [2.75, 3.05) is 48.3 Å². The molecule has 1 amide bonds. The molecule has 0 atom stereocenters. The first-order valence-corrected chi connectivity index (χ1v) is 10.8. The minimum Gasteiger partial charge on any atom is -0.399 e. The highest BCUT2D eigenvalue weighted by molar-refractivity contribution is 7.91. The Morgan fingerprint density at radius 3 is 2.48 bits per heavy atom. The maximum atomic E-state index is 13.0. The highest BCUT2D eigenvalue weighted by atomic mass is 32.2. The number of hydrogen-bond acceptors (Lipinski definition) is 5. The lowest BCUT2D eigenvalue weighted by Crippen LogP contribution is -2.44. The topological polar surface area (TPSA) is 83.7 Å². The van der Waals surface area contributed by atoms with Crippen LogP contribution in [-0.4, -0.2) is 56.9 Å². The minimum absolute atomic E-state index is 0.0515. The molecule has 3 aliphatic rings. The maximum Gasteiger partial charge on any atom is 0.256 e. The third-order valence-electron chi connectivity index (χ3n) is 5.84. The summed E-state index contributed by atoms with van der Waals surface area (Å²) in [5.74, 6) is 0.0199. The average molecular weight is 363 g/mol. The molecule has 2 aliphatic heterocycles. The van der Waals surface area contributed by atoms with Crippen LogP contribution in [0.1, 0.15) is 36.0 Å². The van der Waals surface area contributed by atoms with Crippen LogP contribution in [-0.2, 0) is 9.84 Å². The van der Waals surface area contributed by atoms with E-state index in [0.717, 1.165) is 25.2 Å². The second kappa shape index (κ2) is 5.90. The van der Waals surface area contributed by atoms with Crippen LogP contribution < -0.4 is 10.6 Å². The van der Waals surface area contributed by atoms with E-state index in [0.29, 0.717) is 16.7 Å². The van der Waals surface area contributed by atoms with E-state index in [1.165, 1.54) is 19.3 Å². The molecule has 1 aliphatic carbocycles. The van der Waals surface area contributed by atoms with Gasteiger partial charge in [0, 0.05) is 31.9 Å². The highest BCUT2D eigenvalue weighted by Gasteiger charge is 2.45. The average Bonchev–Trinajstić information content (AvgIpc) is 3.33. The van der Waals surface area contributed by atoms with Gasteiger partial charge in [0.1, 0.15) is 0 Å². The molecule has 2 saturated heterocycles. The van der Waals surface area contributed by atoms with E-state index in [-0.39, 0.29) is 30.5 Å². The summed E-state index contributed by atoms with van der Waals surface area (Å²) in [6.45, 7) is 2.48. The summed E-state index contributed by atoms with van der Waals surface area (Å²) < 4.78 is 23.3. The zero-order chi connectivity index (χ0) is 17.7. The fourth-order valence-electron chi connectivity index (χ4n) is 4.08. The summed E-state index contributed by atoms with van der Waals surface area (Å²) in [7, 11) is -3.00. The molecule has 0 unspecified atom stereocenters. The lowest BCUT2D eigenvalue weighted by Gasteiger charge is -2.36. The van der Waals surface area contributed by atoms with Gasteiger partial charge < -0.3 is 15.5 Å². The number of nitrogen functional groups attached to an aromatic ring is 1. The van der Waals surface area contributed by atoms with Crippen molar-refractivity contribution in [3.8, 4) is 0 Å². The van der Waals surface area contributed by atoms with Crippen molar-refractivity contribution in [1.29, 1.82) is 0 Å². The van der Waals surface area contributed by atoms with Crippen LogP contribution in [0, 0.1) is 5.41 Å². The SMILES string of the molecule is Nc1ccc(C(=O)N2CCS(=O)(=O)CC2)c(N2CCCC3(CC3)C2)c1. The van der Waals surface area contributed by atoms with E-state index in [2.05, 4.69) is 4.90 Å². The number of benzene rings is 1. The van der Waals surface area contributed by atoms with Gasteiger partial charge in [0.2, 0.25) is 0 Å². The number of rotatable bonds is 2. The summed E-state index contributed by atoms with van der Waals surface area (Å²) in [6.07, 6.45) is 4.97. The summed E-state index contributed by atoms with van der Waals surface area (Å²) in [5.41, 5.74) is 8.65. The lowest BCUT2D eigenvalue weighted by atomic mass is 9.94. The number of nitrogens with two attached hydrogens (primary N) is 1. The highest BCUT2D eigenvalue weighted by Crippen LogP contribution is 2.52. The lowest BCUT2D eigenvalue weighted by molar-refractivity contribution is 0.0770. The summed E-state index contributed by atoms with van der Waals surface area (Å²) >= 11 is 0. The number of piperidine rings is 1. The van der Waals surface area contributed by atoms with Crippen LogP contribution in [0.2, 0.25) is 0 Å². The molecular weight excluding hydrogens is 338 g/mol. The number of anilines is 2. The molecule has 7 heteroatoms. The smallest absolute Gasteiger partial charge is 0.256 e. The van der Waals surface area contributed by atoms with Crippen molar-refractivity contribution < 1.29 is 13.2 Å². The first-order valence-electron chi connectivity index (χ1n) is 9.02. The molecule has 3 fully saturated rings. The zero-order valence-electron chi connectivity index (χ0n) is 14.4. The molecule has 6 nitrogen and oxygen atoms in total. The fourth-order valence-corrected chi connectivity index (χ4v) is 5.28. The number of sulfone groups is 1. The Morgan fingerprint density at radius 2 is 1.80 bits per heavy atom. The van der Waals surface area contributed by atoms with E-state index >= 15 is 0 Å². The van der Waals surface area contributed by atoms with Crippen LogP contribution >= 0.6 is 0 Å². The predicted octanol–water partition coefficient (Wildman–Crippen LogP) is 1.52. The van der Waals surface area contributed by atoms with E-state index in [1.807, 2.05) is 6.07 Å². The molecule has 2 N–H and O–H groups in total. The zero-order valence-corrected chi connectivity index (χ0v) is 15.2. The van der Waals surface area contributed by atoms with Crippen molar-refractivity contribution in [1.82, 2.24) is 4.90 Å². The molecule has 25 heavy (non-hydrogen) atoms. The minimum atomic E-state index is -3.00. The standard InChI is InChI=1S/C18H25N3O3S/c19-14-2-3-15(17(22)20-8-10-25(23,24)11-9-20)16(12-14)21-7-1-4-18(13-21)5-6-18/h2-3,12H,1,4-11,13,19H2. The molecule has 2 heterocycles. The van der Waals surface area contributed by atoms with E-state index in [4.69, 9.17) is 5.73 Å². The van der Waals surface area contributed by atoms with Gasteiger partial charge in [0.15, 0.2) is 9.84 Å². The van der Waals surface area contributed by atoms with Crippen molar-refractivity contribution in [3.63, 3.8) is 0 Å². The second-order valence-electron chi connectivity index (χ2n) is 7.75. The molecule has 1 saturated carbocycles. The monoisotopic (exact) mass is 363 g/mol. The molecule has 1 spiro atoms. The number of nitrogens with zero attached hydrogens (tertiary/aromatic N) is 2. The molecule has 1 aromatic carbocycles. The second-order valence-corrected chi connectivity index (χ2v) is 10.0. The van der Waals surface area contributed by atoms with Crippen LogP contribution in [0.15, 0.2) is 18.2 Å². The first-order chi connectivity index (χ1) is 11.9. The molecule has 136 valence electrons. The maximum absolute atomic E-state index is 13.0. The van der Waals surface area contributed by atoms with Crippen LogP contribution in [0.3, 0.4) is 0 Å². The van der Waals surface area contributed by atoms with Gasteiger partial charge in [0.05, 0.1) is 22.8 Å². The Kier molecular flexibility index (Phi) is 3.94. The Hall–Kier alpha value is -1.76. The fraction of sp³-hybridized carbons (Fsp3) is 0.611. The Labute approximate surface area is 148 Å². The van der Waals surface area contributed by atoms with Gasteiger partial charge >= 0.3 is 0 Å². The summed E-state index contributed by atoms with van der Waals surface area (Å²) in [6, 6.07) is 5.45. The van der Waals surface area contributed by atoms with Gasteiger partial charge in [-0.3, -0.25) is 4.79 Å². The first kappa shape index (κ1) is 16.7. The molecule has 4 rings (SSSR count). The third-order valence-corrected chi connectivity index (χ3v) is 7.45. The Balaban J connectivity index is 1.60. The largest absolute Gasteiger partial charge is 0.399 e. The van der Waals surface area contributed by atoms with E-state index < -0.39 is 9.84 Å². The van der Waals surface area contributed by atoms with Crippen LogP contribution in [0.25, 0.3) is 0 Å². The summed E-state index contributed by atoms with van der Waals surface area (Å²) in [5, 5.41) is 0. The number of carbonyl (C=O) groups excluding carboxylic acids is 1. The normalized spacial score (nSPS) is 24.3.